The zero-order valence-electron chi connectivity index (χ0n) is 20.4. The van der Waals surface area contributed by atoms with Crippen molar-refractivity contribution in [2.45, 2.75) is 63.6 Å². The largest absolute Gasteiger partial charge is 0.493 e. The SMILES string of the molecule is COc1c(F)ccc2c1cc(C(=O)N[C@@H](CC1CC1)C(=O)N[C@H](C#N)C[C@@H]1CC(C)(C)NC1=O)n2Cl. The molecule has 11 heteroatoms. The van der Waals surface area contributed by atoms with E-state index in [1.54, 1.807) is 0 Å². The summed E-state index contributed by atoms with van der Waals surface area (Å²) < 4.78 is 20.3. The van der Waals surface area contributed by atoms with Gasteiger partial charge in [0.05, 0.1) is 18.7 Å². The maximum absolute atomic E-state index is 14.1. The van der Waals surface area contributed by atoms with Gasteiger partial charge in [-0.15, -0.1) is 0 Å². The zero-order chi connectivity index (χ0) is 26.2. The van der Waals surface area contributed by atoms with E-state index in [4.69, 9.17) is 16.5 Å². The van der Waals surface area contributed by atoms with Crippen LogP contribution in [0.25, 0.3) is 10.9 Å². The first kappa shape index (κ1) is 25.8. The molecule has 192 valence electrons. The molecule has 9 nitrogen and oxygen atoms in total. The predicted octanol–water partition coefficient (Wildman–Crippen LogP) is 3.00. The Morgan fingerprint density at radius 3 is 2.64 bits per heavy atom. The summed E-state index contributed by atoms with van der Waals surface area (Å²) in [5.41, 5.74) is 0.0382. The summed E-state index contributed by atoms with van der Waals surface area (Å²) in [4.78, 5) is 38.5. The molecular formula is C25H29ClFN5O4. The molecule has 2 heterocycles. The summed E-state index contributed by atoms with van der Waals surface area (Å²) in [5, 5.41) is 18.3. The number of ether oxygens (including phenoxy) is 1. The van der Waals surface area contributed by atoms with Gasteiger partial charge in [0.25, 0.3) is 5.91 Å². The number of hydrogen-bond acceptors (Lipinski definition) is 5. The molecule has 3 amide bonds. The van der Waals surface area contributed by atoms with Crippen LogP contribution in [0.4, 0.5) is 4.39 Å². The number of aromatic nitrogens is 1. The molecule has 2 aromatic rings. The number of methoxy groups -OCH3 is 1. The Bertz CT molecular complexity index is 1250. The second-order valence-electron chi connectivity index (χ2n) is 10.2. The number of hydrogen-bond donors (Lipinski definition) is 3. The van der Waals surface area contributed by atoms with Gasteiger partial charge in [-0.05, 0) is 57.2 Å². The summed E-state index contributed by atoms with van der Waals surface area (Å²) in [6.45, 7) is 3.82. The van der Waals surface area contributed by atoms with Crippen LogP contribution in [0.3, 0.4) is 0 Å². The summed E-state index contributed by atoms with van der Waals surface area (Å²) in [7, 11) is 1.32. The quantitative estimate of drug-likeness (QED) is 0.471. The lowest BCUT2D eigenvalue weighted by Gasteiger charge is -2.21. The second kappa shape index (κ2) is 9.97. The highest BCUT2D eigenvalue weighted by Crippen LogP contribution is 2.35. The molecule has 1 saturated carbocycles. The number of rotatable bonds is 9. The van der Waals surface area contributed by atoms with Crippen molar-refractivity contribution in [1.29, 1.82) is 5.26 Å². The van der Waals surface area contributed by atoms with Crippen LogP contribution in [0.1, 0.15) is 56.4 Å². The van der Waals surface area contributed by atoms with Gasteiger partial charge in [0, 0.05) is 28.6 Å². The number of halogens is 2. The molecule has 0 bridgehead atoms. The van der Waals surface area contributed by atoms with Crippen molar-refractivity contribution < 1.29 is 23.5 Å². The van der Waals surface area contributed by atoms with Gasteiger partial charge in [0.15, 0.2) is 11.6 Å². The predicted molar refractivity (Wildman–Crippen MR) is 131 cm³/mol. The molecule has 0 radical (unpaired) electrons. The molecule has 4 rings (SSSR count). The fraction of sp³-hybridized carbons (Fsp3) is 0.520. The van der Waals surface area contributed by atoms with Crippen LogP contribution in [0.5, 0.6) is 5.75 Å². The Hall–Kier alpha value is -3.32. The highest BCUT2D eigenvalue weighted by Gasteiger charge is 2.39. The summed E-state index contributed by atoms with van der Waals surface area (Å²) in [5.74, 6) is -1.98. The summed E-state index contributed by atoms with van der Waals surface area (Å²) in [6, 6.07) is 4.31. The molecule has 0 unspecified atom stereocenters. The van der Waals surface area contributed by atoms with Crippen molar-refractivity contribution in [2.24, 2.45) is 11.8 Å². The van der Waals surface area contributed by atoms with Crippen LogP contribution in [0.15, 0.2) is 18.2 Å². The number of carbonyl (C=O) groups is 3. The average Bonchev–Trinajstić information content (AvgIpc) is 3.51. The lowest BCUT2D eigenvalue weighted by atomic mass is 9.92. The molecule has 3 N–H and O–H groups in total. The van der Waals surface area contributed by atoms with Crippen LogP contribution in [-0.4, -0.2) is 46.5 Å². The normalized spacial score (nSPS) is 20.3. The maximum Gasteiger partial charge on any atom is 0.269 e. The molecule has 2 aliphatic rings. The summed E-state index contributed by atoms with van der Waals surface area (Å²) >= 11 is 6.35. The van der Waals surface area contributed by atoms with Gasteiger partial charge in [-0.2, -0.15) is 5.26 Å². The lowest BCUT2D eigenvalue weighted by Crippen LogP contribution is -2.50. The third-order valence-corrected chi connectivity index (χ3v) is 7.10. The zero-order valence-corrected chi connectivity index (χ0v) is 21.1. The van der Waals surface area contributed by atoms with Crippen molar-refractivity contribution in [3.05, 3.63) is 29.7 Å². The first-order valence-corrected chi connectivity index (χ1v) is 12.2. The summed E-state index contributed by atoms with van der Waals surface area (Å²) in [6.07, 6.45) is 3.05. The Kier molecular flexibility index (Phi) is 7.14. The van der Waals surface area contributed by atoms with Gasteiger partial charge < -0.3 is 20.7 Å². The van der Waals surface area contributed by atoms with Crippen molar-refractivity contribution >= 4 is 40.4 Å². The minimum Gasteiger partial charge on any atom is -0.493 e. The molecule has 1 aromatic heterocycles. The van der Waals surface area contributed by atoms with Crippen LogP contribution < -0.4 is 20.7 Å². The van der Waals surface area contributed by atoms with Gasteiger partial charge in [-0.25, -0.2) is 8.48 Å². The molecular weight excluding hydrogens is 489 g/mol. The number of nitriles is 1. The first-order chi connectivity index (χ1) is 17.0. The van der Waals surface area contributed by atoms with E-state index in [1.807, 2.05) is 13.8 Å². The lowest BCUT2D eigenvalue weighted by molar-refractivity contribution is -0.125. The van der Waals surface area contributed by atoms with Gasteiger partial charge in [0.2, 0.25) is 11.8 Å². The third kappa shape index (κ3) is 5.41. The van der Waals surface area contributed by atoms with E-state index in [0.29, 0.717) is 29.7 Å². The van der Waals surface area contributed by atoms with E-state index in [2.05, 4.69) is 22.0 Å². The molecule has 1 aliphatic heterocycles. The number of nitrogens with one attached hydrogen (secondary N) is 3. The minimum atomic E-state index is -0.900. The molecule has 36 heavy (non-hydrogen) atoms. The number of amides is 3. The minimum absolute atomic E-state index is 0.0193. The van der Waals surface area contributed by atoms with E-state index in [-0.39, 0.29) is 35.2 Å². The van der Waals surface area contributed by atoms with Crippen LogP contribution in [-0.2, 0) is 9.59 Å². The fourth-order valence-corrected chi connectivity index (χ4v) is 5.07. The Balaban J connectivity index is 1.49. The molecule has 2 fully saturated rings. The number of carbonyl (C=O) groups excluding carboxylic acids is 3. The highest BCUT2D eigenvalue weighted by molar-refractivity contribution is 6.23. The highest BCUT2D eigenvalue weighted by atomic mass is 35.5. The topological polar surface area (TPSA) is 125 Å². The Morgan fingerprint density at radius 1 is 1.33 bits per heavy atom. The maximum atomic E-state index is 14.1. The van der Waals surface area contributed by atoms with E-state index in [1.165, 1.54) is 25.3 Å². The van der Waals surface area contributed by atoms with Crippen molar-refractivity contribution in [3.63, 3.8) is 0 Å². The molecule has 1 saturated heterocycles. The molecule has 1 aliphatic carbocycles. The van der Waals surface area contributed by atoms with E-state index in [9.17, 15) is 24.0 Å². The molecule has 0 spiro atoms. The number of fused-ring (bicyclic) bond motifs is 1. The van der Waals surface area contributed by atoms with Crippen LogP contribution >= 0.6 is 11.8 Å². The smallest absolute Gasteiger partial charge is 0.269 e. The first-order valence-electron chi connectivity index (χ1n) is 11.9. The van der Waals surface area contributed by atoms with E-state index < -0.39 is 29.7 Å². The van der Waals surface area contributed by atoms with E-state index >= 15 is 0 Å². The number of benzene rings is 1. The van der Waals surface area contributed by atoms with E-state index in [0.717, 1.165) is 16.9 Å². The Labute approximate surface area is 213 Å². The van der Waals surface area contributed by atoms with Crippen LogP contribution in [0.2, 0.25) is 0 Å². The average molecular weight is 518 g/mol. The van der Waals surface area contributed by atoms with Crippen molar-refractivity contribution in [2.75, 3.05) is 7.11 Å². The fourth-order valence-electron chi connectivity index (χ4n) is 4.80. The monoisotopic (exact) mass is 517 g/mol. The Morgan fingerprint density at radius 2 is 2.06 bits per heavy atom. The van der Waals surface area contributed by atoms with Crippen LogP contribution in [0, 0.1) is 29.0 Å². The van der Waals surface area contributed by atoms with Gasteiger partial charge in [-0.3, -0.25) is 14.4 Å². The second-order valence-corrected chi connectivity index (χ2v) is 10.6. The number of nitrogens with zero attached hydrogens (tertiary/aromatic N) is 2. The van der Waals surface area contributed by atoms with Gasteiger partial charge in [0.1, 0.15) is 17.8 Å². The van der Waals surface area contributed by atoms with Gasteiger partial charge >= 0.3 is 0 Å². The standard InChI is InChI=1S/C25H29ClFN5O4/c1-25(2)11-14(22(33)31-25)9-15(12-28)29-23(34)18(8-13-4-5-13)30-24(35)20-10-16-19(32(20)26)7-6-17(27)21(16)36-3/h6-7,10,13-15,18H,4-5,8-9,11H2,1-3H3,(H,29,34)(H,30,35)(H,31,33)/t14-,15+,18+/m1/s1. The molecule has 3 atom stereocenters. The van der Waals surface area contributed by atoms with Crippen molar-refractivity contribution in [1.82, 2.24) is 20.0 Å². The van der Waals surface area contributed by atoms with Gasteiger partial charge in [-0.1, -0.05) is 12.8 Å². The van der Waals surface area contributed by atoms with Crippen molar-refractivity contribution in [3.8, 4) is 11.8 Å². The third-order valence-electron chi connectivity index (χ3n) is 6.74. The molecule has 1 aromatic carbocycles.